The van der Waals surface area contributed by atoms with Crippen molar-refractivity contribution in [3.63, 3.8) is 0 Å². The molecular formula is C11H14N4O2. The van der Waals surface area contributed by atoms with Crippen LogP contribution in [-0.2, 0) is 6.54 Å². The van der Waals surface area contributed by atoms with Crippen LogP contribution in [0.1, 0.15) is 28.7 Å². The van der Waals surface area contributed by atoms with Crippen molar-refractivity contribution in [2.75, 3.05) is 13.7 Å². The molecule has 0 fully saturated rings. The third kappa shape index (κ3) is 1.93. The first-order valence-corrected chi connectivity index (χ1v) is 5.36. The summed E-state index contributed by atoms with van der Waals surface area (Å²) in [4.78, 5) is 20.0. The van der Waals surface area contributed by atoms with Crippen molar-refractivity contribution >= 4 is 11.7 Å². The van der Waals surface area contributed by atoms with Gasteiger partial charge in [-0.1, -0.05) is 0 Å². The highest BCUT2D eigenvalue weighted by molar-refractivity contribution is 6.01. The predicted octanol–water partition coefficient (Wildman–Crippen LogP) is 0.0588. The molecule has 2 rings (SSSR count). The van der Waals surface area contributed by atoms with Gasteiger partial charge in [0.25, 0.3) is 5.91 Å². The molecule has 0 atom stereocenters. The van der Waals surface area contributed by atoms with Crippen LogP contribution in [0.25, 0.3) is 0 Å². The second kappa shape index (κ2) is 4.40. The van der Waals surface area contributed by atoms with Crippen LogP contribution in [0, 0.1) is 0 Å². The molecule has 2 heterocycles. The van der Waals surface area contributed by atoms with Crippen LogP contribution in [0.3, 0.4) is 0 Å². The molecule has 1 aliphatic heterocycles. The summed E-state index contributed by atoms with van der Waals surface area (Å²) in [5, 5.41) is 2.52. The third-order valence-electron chi connectivity index (χ3n) is 2.47. The largest absolute Gasteiger partial charge is 0.491 e. The molecule has 6 heteroatoms. The molecule has 17 heavy (non-hydrogen) atoms. The number of nitrogens with zero attached hydrogens (tertiary/aromatic N) is 2. The number of aliphatic imine (C=N–C) groups is 1. The van der Waals surface area contributed by atoms with Gasteiger partial charge in [-0.15, -0.1) is 0 Å². The zero-order valence-electron chi connectivity index (χ0n) is 9.78. The Morgan fingerprint density at radius 3 is 3.06 bits per heavy atom. The minimum absolute atomic E-state index is 0.244. The summed E-state index contributed by atoms with van der Waals surface area (Å²) < 4.78 is 5.41. The Kier molecular flexibility index (Phi) is 2.95. The number of hydrogen-bond acceptors (Lipinski definition) is 5. The first kappa shape index (κ1) is 11.4. The number of fused-ring (bicyclic) bond motifs is 1. The van der Waals surface area contributed by atoms with Crippen molar-refractivity contribution in [2.24, 2.45) is 10.7 Å². The van der Waals surface area contributed by atoms with Crippen LogP contribution >= 0.6 is 0 Å². The molecular weight excluding hydrogens is 220 g/mol. The second-order valence-corrected chi connectivity index (χ2v) is 3.56. The normalized spacial score (nSPS) is 12.9. The van der Waals surface area contributed by atoms with Gasteiger partial charge in [-0.2, -0.15) is 0 Å². The van der Waals surface area contributed by atoms with Crippen LogP contribution in [0.2, 0.25) is 0 Å². The lowest BCUT2D eigenvalue weighted by atomic mass is 10.1. The van der Waals surface area contributed by atoms with E-state index in [-0.39, 0.29) is 11.6 Å². The summed E-state index contributed by atoms with van der Waals surface area (Å²) in [7, 11) is 1.55. The Balaban J connectivity index is 2.51. The lowest BCUT2D eigenvalue weighted by Crippen LogP contribution is -2.23. The van der Waals surface area contributed by atoms with Crippen LogP contribution in [0.4, 0.5) is 0 Å². The van der Waals surface area contributed by atoms with Crippen molar-refractivity contribution in [3.05, 3.63) is 23.0 Å². The van der Waals surface area contributed by atoms with Crippen molar-refractivity contribution < 1.29 is 9.53 Å². The van der Waals surface area contributed by atoms with E-state index in [1.54, 1.807) is 13.1 Å². The minimum atomic E-state index is -0.295. The molecule has 1 amide bonds. The first-order valence-electron chi connectivity index (χ1n) is 5.36. The summed E-state index contributed by atoms with van der Waals surface area (Å²) in [6.45, 7) is 2.81. The summed E-state index contributed by atoms with van der Waals surface area (Å²) >= 11 is 0. The summed E-state index contributed by atoms with van der Waals surface area (Å²) in [5.41, 5.74) is 7.40. The zero-order chi connectivity index (χ0) is 12.4. The summed E-state index contributed by atoms with van der Waals surface area (Å²) in [5.74, 6) is 0.541. The SMILES string of the molecule is CCOc1cc2c(nc1C(=O)NC)C(N)=NC2. The van der Waals surface area contributed by atoms with E-state index in [0.717, 1.165) is 5.56 Å². The molecule has 0 saturated heterocycles. The maximum Gasteiger partial charge on any atom is 0.273 e. The lowest BCUT2D eigenvalue weighted by molar-refractivity contribution is 0.0954. The quantitative estimate of drug-likeness (QED) is 0.773. The van der Waals surface area contributed by atoms with E-state index in [2.05, 4.69) is 15.3 Å². The predicted molar refractivity (Wildman–Crippen MR) is 63.2 cm³/mol. The first-order chi connectivity index (χ1) is 8.17. The molecule has 6 nitrogen and oxygen atoms in total. The number of ether oxygens (including phenoxy) is 1. The fourth-order valence-electron chi connectivity index (χ4n) is 1.67. The second-order valence-electron chi connectivity index (χ2n) is 3.56. The monoisotopic (exact) mass is 234 g/mol. The summed E-state index contributed by atoms with van der Waals surface area (Å²) in [6, 6.07) is 1.78. The highest BCUT2D eigenvalue weighted by atomic mass is 16.5. The Morgan fingerprint density at radius 2 is 2.41 bits per heavy atom. The van der Waals surface area contributed by atoms with Gasteiger partial charge >= 0.3 is 0 Å². The molecule has 0 radical (unpaired) electrons. The van der Waals surface area contributed by atoms with Gasteiger partial charge in [0.05, 0.1) is 13.2 Å². The summed E-state index contributed by atoms with van der Waals surface area (Å²) in [6.07, 6.45) is 0. The molecule has 0 unspecified atom stereocenters. The fourth-order valence-corrected chi connectivity index (χ4v) is 1.67. The van der Waals surface area contributed by atoms with Gasteiger partial charge in [-0.3, -0.25) is 9.79 Å². The maximum absolute atomic E-state index is 11.7. The Hall–Kier alpha value is -2.11. The van der Waals surface area contributed by atoms with Crippen molar-refractivity contribution in [1.82, 2.24) is 10.3 Å². The molecule has 0 saturated carbocycles. The van der Waals surface area contributed by atoms with Crippen LogP contribution in [0.5, 0.6) is 5.75 Å². The van der Waals surface area contributed by atoms with E-state index in [0.29, 0.717) is 30.4 Å². The topological polar surface area (TPSA) is 89.6 Å². The van der Waals surface area contributed by atoms with Gasteiger partial charge in [0.15, 0.2) is 11.4 Å². The number of carbonyl (C=O) groups excluding carboxylic acids is 1. The number of nitrogens with two attached hydrogens (primary N) is 1. The molecule has 1 aromatic heterocycles. The van der Waals surface area contributed by atoms with Gasteiger partial charge in [-0.05, 0) is 13.0 Å². The van der Waals surface area contributed by atoms with Crippen molar-refractivity contribution in [1.29, 1.82) is 0 Å². The highest BCUT2D eigenvalue weighted by Gasteiger charge is 2.22. The van der Waals surface area contributed by atoms with E-state index < -0.39 is 0 Å². The average molecular weight is 234 g/mol. The number of amides is 1. The van der Waals surface area contributed by atoms with E-state index in [1.165, 1.54) is 0 Å². The smallest absolute Gasteiger partial charge is 0.273 e. The molecule has 1 aromatic rings. The van der Waals surface area contributed by atoms with Gasteiger partial charge < -0.3 is 15.8 Å². The highest BCUT2D eigenvalue weighted by Crippen LogP contribution is 2.24. The fraction of sp³-hybridized carbons (Fsp3) is 0.364. The number of hydrogen-bond donors (Lipinski definition) is 2. The van der Waals surface area contributed by atoms with E-state index in [9.17, 15) is 4.79 Å². The molecule has 0 bridgehead atoms. The number of nitrogens with one attached hydrogen (secondary N) is 1. The number of rotatable bonds is 3. The zero-order valence-corrected chi connectivity index (χ0v) is 9.78. The number of amidine groups is 1. The van der Waals surface area contributed by atoms with E-state index in [1.807, 2.05) is 6.92 Å². The van der Waals surface area contributed by atoms with Crippen LogP contribution < -0.4 is 15.8 Å². The van der Waals surface area contributed by atoms with E-state index >= 15 is 0 Å². The molecule has 3 N–H and O–H groups in total. The number of pyridine rings is 1. The molecule has 90 valence electrons. The molecule has 0 aliphatic carbocycles. The van der Waals surface area contributed by atoms with Gasteiger partial charge in [0.1, 0.15) is 11.5 Å². The van der Waals surface area contributed by atoms with Gasteiger partial charge in [0.2, 0.25) is 0 Å². The number of carbonyl (C=O) groups is 1. The average Bonchev–Trinajstić information content (AvgIpc) is 2.69. The van der Waals surface area contributed by atoms with Crippen LogP contribution in [0.15, 0.2) is 11.1 Å². The molecule has 0 spiro atoms. The molecule has 1 aliphatic rings. The van der Waals surface area contributed by atoms with E-state index in [4.69, 9.17) is 10.5 Å². The lowest BCUT2D eigenvalue weighted by Gasteiger charge is -2.10. The maximum atomic E-state index is 11.7. The van der Waals surface area contributed by atoms with Crippen molar-refractivity contribution in [3.8, 4) is 5.75 Å². The van der Waals surface area contributed by atoms with Crippen LogP contribution in [-0.4, -0.2) is 30.4 Å². The Morgan fingerprint density at radius 1 is 1.65 bits per heavy atom. The van der Waals surface area contributed by atoms with Gasteiger partial charge in [0, 0.05) is 12.6 Å². The standard InChI is InChI=1S/C11H14N4O2/c1-3-17-7-4-6-5-14-10(12)8(6)15-9(7)11(16)13-2/h4H,3,5H2,1-2H3,(H2,12,14)(H,13,16). The van der Waals surface area contributed by atoms with Crippen molar-refractivity contribution in [2.45, 2.75) is 13.5 Å². The Labute approximate surface area is 98.9 Å². The Bertz CT molecular complexity index is 496. The third-order valence-corrected chi connectivity index (χ3v) is 2.47. The number of aromatic nitrogens is 1. The molecule has 0 aromatic carbocycles. The van der Waals surface area contributed by atoms with Gasteiger partial charge in [-0.25, -0.2) is 4.98 Å². The minimum Gasteiger partial charge on any atom is -0.491 e.